The fourth-order valence-corrected chi connectivity index (χ4v) is 2.27. The first-order chi connectivity index (χ1) is 9.51. The normalized spacial score (nSPS) is 11.2. The van der Waals surface area contributed by atoms with Gasteiger partial charge < -0.3 is 0 Å². The molecule has 0 N–H and O–H groups in total. The lowest BCUT2D eigenvalue weighted by Gasteiger charge is -2.08. The van der Waals surface area contributed by atoms with Gasteiger partial charge in [0.1, 0.15) is 0 Å². The summed E-state index contributed by atoms with van der Waals surface area (Å²) in [4.78, 5) is 0. The minimum Gasteiger partial charge on any atom is -0.192 e. The van der Waals surface area contributed by atoms with E-state index in [4.69, 9.17) is 0 Å². The molecule has 20 heavy (non-hydrogen) atoms. The van der Waals surface area contributed by atoms with Crippen LogP contribution in [-0.2, 0) is 0 Å². The Bertz CT molecular complexity index is 715. The number of allylic oxidation sites excluding steroid dienone is 1. The Hall–Kier alpha value is -2.33. The highest BCUT2D eigenvalue weighted by Gasteiger charge is 2.06. The number of hydrogen-bond acceptors (Lipinski definition) is 1. The quantitative estimate of drug-likeness (QED) is 0.552. The fourth-order valence-electron chi connectivity index (χ4n) is 2.27. The van der Waals surface area contributed by atoms with Crippen LogP contribution in [-0.4, -0.2) is 0 Å². The molecule has 0 atom stereocenters. The molecule has 2 aromatic rings. The largest absolute Gasteiger partial charge is 0.192 e. The molecule has 0 unspecified atom stereocenters. The van der Waals surface area contributed by atoms with E-state index in [1.54, 1.807) is 0 Å². The Kier molecular flexibility index (Phi) is 4.05. The molecule has 0 aliphatic rings. The fraction of sp³-hybridized carbons (Fsp3) is 0.211. The lowest BCUT2D eigenvalue weighted by molar-refractivity contribution is 1.36. The molecular weight excluding hydrogens is 242 g/mol. The van der Waals surface area contributed by atoms with Crippen molar-refractivity contribution in [2.75, 3.05) is 0 Å². The van der Waals surface area contributed by atoms with Crippen LogP contribution in [0.15, 0.2) is 36.4 Å². The van der Waals surface area contributed by atoms with Crippen molar-refractivity contribution in [2.24, 2.45) is 0 Å². The molecule has 0 saturated heterocycles. The monoisotopic (exact) mass is 261 g/mol. The number of hydrogen-bond donors (Lipinski definition) is 0. The Morgan fingerprint density at radius 3 is 2.15 bits per heavy atom. The third-order valence-corrected chi connectivity index (χ3v) is 3.54. The van der Waals surface area contributed by atoms with Crippen molar-refractivity contribution in [3.63, 3.8) is 0 Å². The maximum absolute atomic E-state index is 9.50. The van der Waals surface area contributed by atoms with Gasteiger partial charge in [0.05, 0.1) is 11.6 Å². The van der Waals surface area contributed by atoms with Gasteiger partial charge >= 0.3 is 0 Å². The van der Waals surface area contributed by atoms with E-state index in [1.165, 1.54) is 16.7 Å². The number of aryl methyl sites for hydroxylation is 4. The second-order valence-corrected chi connectivity index (χ2v) is 5.35. The second kappa shape index (κ2) is 5.75. The summed E-state index contributed by atoms with van der Waals surface area (Å²) in [6.45, 7) is 8.24. The molecule has 0 radical (unpaired) electrons. The highest BCUT2D eigenvalue weighted by Crippen LogP contribution is 2.24. The molecule has 0 bridgehead atoms. The van der Waals surface area contributed by atoms with Gasteiger partial charge in [-0.2, -0.15) is 5.26 Å². The van der Waals surface area contributed by atoms with E-state index < -0.39 is 0 Å². The van der Waals surface area contributed by atoms with Gasteiger partial charge in [0.25, 0.3) is 0 Å². The van der Waals surface area contributed by atoms with E-state index in [2.05, 4.69) is 63.2 Å². The molecule has 0 aliphatic heterocycles. The van der Waals surface area contributed by atoms with Crippen LogP contribution in [0.2, 0.25) is 0 Å². The molecule has 0 aliphatic carbocycles. The molecule has 2 rings (SSSR count). The van der Waals surface area contributed by atoms with Crippen LogP contribution in [0.3, 0.4) is 0 Å². The first-order valence-electron chi connectivity index (χ1n) is 6.78. The van der Waals surface area contributed by atoms with Crippen LogP contribution in [0.1, 0.15) is 33.4 Å². The molecule has 0 fully saturated rings. The van der Waals surface area contributed by atoms with Gasteiger partial charge in [-0.15, -0.1) is 0 Å². The number of nitrogens with zero attached hydrogens (tertiary/aromatic N) is 1. The summed E-state index contributed by atoms with van der Waals surface area (Å²) in [5, 5.41) is 9.50. The molecule has 0 aromatic heterocycles. The Morgan fingerprint density at radius 1 is 0.900 bits per heavy atom. The van der Waals surface area contributed by atoms with Gasteiger partial charge in [-0.1, -0.05) is 47.5 Å². The molecule has 0 saturated carbocycles. The Labute approximate surface area is 121 Å². The van der Waals surface area contributed by atoms with Gasteiger partial charge in [0.15, 0.2) is 0 Å². The standard InChI is InChI=1S/C19H19N/c1-13-5-7-15(3)17(9-13)11-18(12-20)19-10-14(2)6-8-16(19)4/h5-11H,1-4H3/b18-11+. The average molecular weight is 261 g/mol. The van der Waals surface area contributed by atoms with Gasteiger partial charge in [0, 0.05) is 0 Å². The molecular formula is C19H19N. The smallest absolute Gasteiger partial charge is 0.0998 e. The van der Waals surface area contributed by atoms with Crippen molar-refractivity contribution in [3.8, 4) is 6.07 Å². The summed E-state index contributed by atoms with van der Waals surface area (Å²) in [5.41, 5.74) is 7.56. The summed E-state index contributed by atoms with van der Waals surface area (Å²) in [6, 6.07) is 14.9. The van der Waals surface area contributed by atoms with Crippen molar-refractivity contribution >= 4 is 11.6 Å². The Balaban J connectivity index is 2.58. The van der Waals surface area contributed by atoms with E-state index in [0.29, 0.717) is 0 Å². The van der Waals surface area contributed by atoms with Gasteiger partial charge in [-0.25, -0.2) is 0 Å². The highest BCUT2D eigenvalue weighted by molar-refractivity contribution is 5.91. The van der Waals surface area contributed by atoms with Gasteiger partial charge in [-0.3, -0.25) is 0 Å². The lowest BCUT2D eigenvalue weighted by Crippen LogP contribution is -1.90. The SMILES string of the molecule is Cc1ccc(C)c(/C=C(\C#N)c2cc(C)ccc2C)c1. The number of benzene rings is 2. The summed E-state index contributed by atoms with van der Waals surface area (Å²) >= 11 is 0. The maximum atomic E-state index is 9.50. The first-order valence-corrected chi connectivity index (χ1v) is 6.78. The zero-order chi connectivity index (χ0) is 14.7. The lowest BCUT2D eigenvalue weighted by atomic mass is 9.96. The molecule has 1 heteroatoms. The molecule has 0 heterocycles. The van der Waals surface area contributed by atoms with Crippen molar-refractivity contribution in [2.45, 2.75) is 27.7 Å². The van der Waals surface area contributed by atoms with Crippen LogP contribution < -0.4 is 0 Å². The summed E-state index contributed by atoms with van der Waals surface area (Å²) in [7, 11) is 0. The maximum Gasteiger partial charge on any atom is 0.0998 e. The number of nitriles is 1. The zero-order valence-electron chi connectivity index (χ0n) is 12.5. The molecule has 100 valence electrons. The van der Waals surface area contributed by atoms with E-state index >= 15 is 0 Å². The van der Waals surface area contributed by atoms with Crippen LogP contribution >= 0.6 is 0 Å². The minimum absolute atomic E-state index is 0.722. The third kappa shape index (κ3) is 2.97. The van der Waals surface area contributed by atoms with Crippen molar-refractivity contribution in [1.29, 1.82) is 5.26 Å². The number of rotatable bonds is 2. The molecule has 1 nitrogen and oxygen atoms in total. The van der Waals surface area contributed by atoms with E-state index in [9.17, 15) is 5.26 Å². The third-order valence-electron chi connectivity index (χ3n) is 3.54. The van der Waals surface area contributed by atoms with E-state index in [0.717, 1.165) is 22.3 Å². The van der Waals surface area contributed by atoms with Crippen molar-refractivity contribution < 1.29 is 0 Å². The minimum atomic E-state index is 0.722. The molecule has 0 amide bonds. The Morgan fingerprint density at radius 2 is 1.50 bits per heavy atom. The topological polar surface area (TPSA) is 23.8 Å². The van der Waals surface area contributed by atoms with Crippen molar-refractivity contribution in [3.05, 3.63) is 69.8 Å². The summed E-state index contributed by atoms with van der Waals surface area (Å²) < 4.78 is 0. The van der Waals surface area contributed by atoms with Crippen LogP contribution in [0, 0.1) is 39.0 Å². The van der Waals surface area contributed by atoms with E-state index in [-0.39, 0.29) is 0 Å². The summed E-state index contributed by atoms with van der Waals surface area (Å²) in [6.07, 6.45) is 1.99. The van der Waals surface area contributed by atoms with Crippen LogP contribution in [0.25, 0.3) is 11.6 Å². The molecule has 2 aromatic carbocycles. The highest BCUT2D eigenvalue weighted by atomic mass is 14.3. The van der Waals surface area contributed by atoms with Crippen LogP contribution in [0.5, 0.6) is 0 Å². The first kappa shape index (κ1) is 14.1. The predicted molar refractivity (Wildman–Crippen MR) is 85.3 cm³/mol. The van der Waals surface area contributed by atoms with Crippen LogP contribution in [0.4, 0.5) is 0 Å². The predicted octanol–water partition coefficient (Wildman–Crippen LogP) is 4.98. The molecule has 0 spiro atoms. The van der Waals surface area contributed by atoms with Crippen molar-refractivity contribution in [1.82, 2.24) is 0 Å². The average Bonchev–Trinajstić information content (AvgIpc) is 2.42. The van der Waals surface area contributed by atoms with Gasteiger partial charge in [-0.05, 0) is 56.0 Å². The second-order valence-electron chi connectivity index (χ2n) is 5.35. The van der Waals surface area contributed by atoms with Gasteiger partial charge in [0.2, 0.25) is 0 Å². The zero-order valence-corrected chi connectivity index (χ0v) is 12.5. The summed E-state index contributed by atoms with van der Waals surface area (Å²) in [5.74, 6) is 0. The van der Waals surface area contributed by atoms with E-state index in [1.807, 2.05) is 13.0 Å².